The number of aromatic nitrogens is 1. The molecule has 30 heavy (non-hydrogen) atoms. The molecule has 5 rings (SSSR count). The highest BCUT2D eigenvalue weighted by Crippen LogP contribution is 2.44. The van der Waals surface area contributed by atoms with Gasteiger partial charge in [-0.3, -0.25) is 0 Å². The number of anilines is 1. The van der Waals surface area contributed by atoms with E-state index in [1.165, 1.54) is 30.5 Å². The van der Waals surface area contributed by atoms with Gasteiger partial charge in [0, 0.05) is 36.3 Å². The molecule has 2 aliphatic rings. The average Bonchev–Trinajstić information content (AvgIpc) is 3.17. The summed E-state index contributed by atoms with van der Waals surface area (Å²) < 4.78 is 5.81. The molecule has 2 aromatic carbocycles. The molecule has 1 aliphatic heterocycles. The number of hydrogen-bond acceptors (Lipinski definition) is 4. The summed E-state index contributed by atoms with van der Waals surface area (Å²) in [5.41, 5.74) is 8.29. The lowest BCUT2D eigenvalue weighted by molar-refractivity contribution is 0.326. The first kappa shape index (κ1) is 18.7. The van der Waals surface area contributed by atoms with Gasteiger partial charge in [-0.05, 0) is 55.0 Å². The van der Waals surface area contributed by atoms with Crippen molar-refractivity contribution in [3.05, 3.63) is 65.2 Å². The Morgan fingerprint density at radius 1 is 1.03 bits per heavy atom. The molecule has 150 valence electrons. The second-order valence-corrected chi connectivity index (χ2v) is 7.97. The molecule has 0 spiro atoms. The maximum Gasteiger partial charge on any atom is 0.232 e. The Hall–Kier alpha value is -3.32. The highest BCUT2D eigenvalue weighted by molar-refractivity contribution is 5.87. The van der Waals surface area contributed by atoms with Gasteiger partial charge in [0.2, 0.25) is 5.88 Å². The van der Waals surface area contributed by atoms with E-state index >= 15 is 0 Å². The highest BCUT2D eigenvalue weighted by atomic mass is 16.5. The average molecular weight is 396 g/mol. The molecule has 1 aliphatic carbocycles. The second-order valence-electron chi connectivity index (χ2n) is 7.97. The summed E-state index contributed by atoms with van der Waals surface area (Å²) in [5, 5.41) is 10.0. The predicted octanol–water partition coefficient (Wildman–Crippen LogP) is 5.58. The number of nitrogens with zero attached hydrogens (tertiary/aromatic N) is 3. The molecule has 4 nitrogen and oxygen atoms in total. The van der Waals surface area contributed by atoms with Crippen molar-refractivity contribution in [1.82, 2.24) is 4.98 Å². The SMILES string of the molecule is CCOc1nc2c(c(-c3ccc(N4CCCCC4)cc3)c1C#N)Cc1ccccc1-2. The Labute approximate surface area is 177 Å². The molecule has 2 heterocycles. The van der Waals surface area contributed by atoms with Gasteiger partial charge < -0.3 is 9.64 Å². The molecule has 0 amide bonds. The van der Waals surface area contributed by atoms with E-state index in [-0.39, 0.29) is 0 Å². The lowest BCUT2D eigenvalue weighted by Gasteiger charge is -2.29. The van der Waals surface area contributed by atoms with Crippen LogP contribution in [0.5, 0.6) is 5.88 Å². The fourth-order valence-corrected chi connectivity index (χ4v) is 4.75. The minimum Gasteiger partial charge on any atom is -0.477 e. The van der Waals surface area contributed by atoms with E-state index < -0.39 is 0 Å². The van der Waals surface area contributed by atoms with Gasteiger partial charge in [-0.25, -0.2) is 4.98 Å². The van der Waals surface area contributed by atoms with Crippen molar-refractivity contribution in [3.8, 4) is 34.3 Å². The quantitative estimate of drug-likeness (QED) is 0.453. The highest BCUT2D eigenvalue weighted by Gasteiger charge is 2.28. The van der Waals surface area contributed by atoms with Crippen molar-refractivity contribution in [2.45, 2.75) is 32.6 Å². The van der Waals surface area contributed by atoms with E-state index in [0.29, 0.717) is 18.1 Å². The Kier molecular flexibility index (Phi) is 4.88. The van der Waals surface area contributed by atoms with Gasteiger partial charge in [0.25, 0.3) is 0 Å². The molecular formula is C26H25N3O. The van der Waals surface area contributed by atoms with Crippen molar-refractivity contribution in [2.75, 3.05) is 24.6 Å². The van der Waals surface area contributed by atoms with Crippen LogP contribution in [0.3, 0.4) is 0 Å². The Bertz CT molecular complexity index is 1120. The van der Waals surface area contributed by atoms with Crippen molar-refractivity contribution in [1.29, 1.82) is 5.26 Å². The summed E-state index contributed by atoms with van der Waals surface area (Å²) in [6, 6.07) is 19.4. The second kappa shape index (κ2) is 7.84. The maximum atomic E-state index is 10.0. The van der Waals surface area contributed by atoms with Crippen LogP contribution in [0.15, 0.2) is 48.5 Å². The summed E-state index contributed by atoms with van der Waals surface area (Å²) in [5.74, 6) is 0.436. The lowest BCUT2D eigenvalue weighted by atomic mass is 9.94. The number of nitriles is 1. The number of pyridine rings is 1. The van der Waals surface area contributed by atoms with Crippen molar-refractivity contribution in [2.24, 2.45) is 0 Å². The van der Waals surface area contributed by atoms with Crippen molar-refractivity contribution >= 4 is 5.69 Å². The zero-order valence-corrected chi connectivity index (χ0v) is 17.3. The van der Waals surface area contributed by atoms with Gasteiger partial charge >= 0.3 is 0 Å². The van der Waals surface area contributed by atoms with Crippen LogP contribution in [0.1, 0.15) is 42.9 Å². The van der Waals surface area contributed by atoms with E-state index in [9.17, 15) is 5.26 Å². The van der Waals surface area contributed by atoms with Gasteiger partial charge in [-0.15, -0.1) is 0 Å². The Morgan fingerprint density at radius 2 is 1.80 bits per heavy atom. The summed E-state index contributed by atoms with van der Waals surface area (Å²) in [6.07, 6.45) is 4.63. The summed E-state index contributed by atoms with van der Waals surface area (Å²) in [7, 11) is 0. The minimum absolute atomic E-state index is 0.436. The maximum absolute atomic E-state index is 10.0. The summed E-state index contributed by atoms with van der Waals surface area (Å²) in [6.45, 7) is 4.65. The third-order valence-corrected chi connectivity index (χ3v) is 6.17. The molecule has 1 saturated heterocycles. The van der Waals surface area contributed by atoms with Crippen molar-refractivity contribution in [3.63, 3.8) is 0 Å². The van der Waals surface area contributed by atoms with Gasteiger partial charge in [0.1, 0.15) is 11.6 Å². The predicted molar refractivity (Wildman–Crippen MR) is 120 cm³/mol. The first-order chi connectivity index (χ1) is 14.8. The van der Waals surface area contributed by atoms with Crippen LogP contribution >= 0.6 is 0 Å². The molecular weight excluding hydrogens is 370 g/mol. The molecule has 0 atom stereocenters. The smallest absolute Gasteiger partial charge is 0.232 e. The van der Waals surface area contributed by atoms with Crippen LogP contribution < -0.4 is 9.64 Å². The van der Waals surface area contributed by atoms with Crippen molar-refractivity contribution < 1.29 is 4.74 Å². The minimum atomic E-state index is 0.436. The first-order valence-corrected chi connectivity index (χ1v) is 10.8. The zero-order valence-electron chi connectivity index (χ0n) is 17.3. The van der Waals surface area contributed by atoms with Crippen LogP contribution in [0.25, 0.3) is 22.4 Å². The molecule has 4 heteroatoms. The fourth-order valence-electron chi connectivity index (χ4n) is 4.75. The monoisotopic (exact) mass is 395 g/mol. The number of benzene rings is 2. The van der Waals surface area contributed by atoms with Crippen LogP contribution in [0.4, 0.5) is 5.69 Å². The summed E-state index contributed by atoms with van der Waals surface area (Å²) >= 11 is 0. The Morgan fingerprint density at radius 3 is 2.53 bits per heavy atom. The van der Waals surface area contributed by atoms with Crippen LogP contribution in [0.2, 0.25) is 0 Å². The van der Waals surface area contributed by atoms with Crippen LogP contribution in [-0.4, -0.2) is 24.7 Å². The van der Waals surface area contributed by atoms with E-state index in [0.717, 1.165) is 47.5 Å². The molecule has 0 unspecified atom stereocenters. The van der Waals surface area contributed by atoms with E-state index in [1.54, 1.807) is 0 Å². The normalized spacial score (nSPS) is 14.7. The van der Waals surface area contributed by atoms with Gasteiger partial charge in [-0.2, -0.15) is 5.26 Å². The number of rotatable bonds is 4. The Balaban J connectivity index is 1.64. The van der Waals surface area contributed by atoms with Crippen LogP contribution in [0, 0.1) is 11.3 Å². The van der Waals surface area contributed by atoms with E-state index in [4.69, 9.17) is 9.72 Å². The van der Waals surface area contributed by atoms with Gasteiger partial charge in [0.05, 0.1) is 12.3 Å². The number of hydrogen-bond donors (Lipinski definition) is 0. The molecule has 0 N–H and O–H groups in total. The third kappa shape index (κ3) is 3.11. The van der Waals surface area contributed by atoms with Crippen LogP contribution in [-0.2, 0) is 6.42 Å². The molecule has 3 aromatic rings. The molecule has 1 fully saturated rings. The standard InChI is InChI=1S/C26H25N3O/c1-2-30-26-23(17-27)24(22-16-19-8-4-5-9-21(19)25(22)28-26)18-10-12-20(13-11-18)29-14-6-3-7-15-29/h4-5,8-13H,2-3,6-7,14-16H2,1H3. The van der Waals surface area contributed by atoms with Gasteiger partial charge in [-0.1, -0.05) is 36.4 Å². The molecule has 0 saturated carbocycles. The number of fused-ring (bicyclic) bond motifs is 3. The largest absolute Gasteiger partial charge is 0.477 e. The van der Waals surface area contributed by atoms with E-state index in [1.807, 2.05) is 13.0 Å². The third-order valence-electron chi connectivity index (χ3n) is 6.17. The lowest BCUT2D eigenvalue weighted by Crippen LogP contribution is -2.29. The number of piperidine rings is 1. The molecule has 0 radical (unpaired) electrons. The molecule has 1 aromatic heterocycles. The molecule has 0 bridgehead atoms. The van der Waals surface area contributed by atoms with Gasteiger partial charge in [0.15, 0.2) is 0 Å². The topological polar surface area (TPSA) is 49.1 Å². The number of ether oxygens (including phenoxy) is 1. The zero-order chi connectivity index (χ0) is 20.5. The van der Waals surface area contributed by atoms with E-state index in [2.05, 4.69) is 53.4 Å². The fraction of sp³-hybridized carbons (Fsp3) is 0.308. The first-order valence-electron chi connectivity index (χ1n) is 10.8. The summed E-state index contributed by atoms with van der Waals surface area (Å²) in [4.78, 5) is 7.23.